The van der Waals surface area contributed by atoms with Crippen LogP contribution in [0.5, 0.6) is 0 Å². The van der Waals surface area contributed by atoms with Crippen LogP contribution in [0.2, 0.25) is 0 Å². The number of hydrogen-bond donors (Lipinski definition) is 2. The van der Waals surface area contributed by atoms with Crippen LogP contribution in [0.25, 0.3) is 0 Å². The molecule has 1 aliphatic rings. The Kier molecular flexibility index (Phi) is 7.06. The number of nitrogens with one attached hydrogen (secondary N) is 2. The molecule has 2 unspecified atom stereocenters. The zero-order chi connectivity index (χ0) is 15.0. The van der Waals surface area contributed by atoms with Gasteiger partial charge < -0.3 is 15.4 Å². The molecule has 0 bridgehead atoms. The van der Waals surface area contributed by atoms with Crippen molar-refractivity contribution in [2.75, 3.05) is 13.1 Å². The minimum atomic E-state index is -0.427. The predicted octanol–water partition coefficient (Wildman–Crippen LogP) is 3.24. The molecule has 1 fully saturated rings. The van der Waals surface area contributed by atoms with Crippen molar-refractivity contribution in [3.05, 3.63) is 12.2 Å². The van der Waals surface area contributed by atoms with E-state index in [9.17, 15) is 4.79 Å². The first-order valence-electron chi connectivity index (χ1n) is 7.74. The maximum atomic E-state index is 11.7. The molecule has 0 aromatic carbocycles. The third-order valence-corrected chi connectivity index (χ3v) is 3.52. The smallest absolute Gasteiger partial charge is 0.407 e. The normalized spacial score (nSPS) is 23.2. The van der Waals surface area contributed by atoms with Gasteiger partial charge in [0.2, 0.25) is 0 Å². The van der Waals surface area contributed by atoms with E-state index in [4.69, 9.17) is 4.74 Å². The molecule has 0 heterocycles. The zero-order valence-electron chi connectivity index (χ0n) is 13.4. The minimum absolute atomic E-state index is 0.308. The minimum Gasteiger partial charge on any atom is -0.444 e. The van der Waals surface area contributed by atoms with Gasteiger partial charge in [0.05, 0.1) is 0 Å². The number of amides is 1. The van der Waals surface area contributed by atoms with Gasteiger partial charge in [-0.25, -0.2) is 4.79 Å². The van der Waals surface area contributed by atoms with Crippen molar-refractivity contribution in [1.82, 2.24) is 10.6 Å². The molecule has 20 heavy (non-hydrogen) atoms. The summed E-state index contributed by atoms with van der Waals surface area (Å²) in [6, 6.07) is 0.523. The van der Waals surface area contributed by atoms with E-state index < -0.39 is 5.60 Å². The van der Waals surface area contributed by atoms with E-state index in [0.717, 1.165) is 13.0 Å². The van der Waals surface area contributed by atoms with E-state index in [2.05, 4.69) is 22.8 Å². The quantitative estimate of drug-likeness (QED) is 0.581. The van der Waals surface area contributed by atoms with Crippen molar-refractivity contribution < 1.29 is 9.53 Å². The van der Waals surface area contributed by atoms with Crippen molar-refractivity contribution in [1.29, 1.82) is 0 Å². The first-order valence-corrected chi connectivity index (χ1v) is 7.74. The fourth-order valence-electron chi connectivity index (χ4n) is 2.60. The largest absolute Gasteiger partial charge is 0.444 e. The lowest BCUT2D eigenvalue weighted by atomic mass is 10.0. The highest BCUT2D eigenvalue weighted by Gasteiger charge is 2.27. The van der Waals surface area contributed by atoms with Crippen molar-refractivity contribution in [3.8, 4) is 0 Å². The highest BCUT2D eigenvalue weighted by Crippen LogP contribution is 2.25. The molecule has 1 rings (SSSR count). The summed E-state index contributed by atoms with van der Waals surface area (Å²) in [5.41, 5.74) is -0.427. The van der Waals surface area contributed by atoms with E-state index >= 15 is 0 Å². The molecule has 4 heteroatoms. The van der Waals surface area contributed by atoms with Crippen LogP contribution in [-0.2, 0) is 4.74 Å². The Morgan fingerprint density at radius 3 is 2.75 bits per heavy atom. The molecule has 0 aliphatic heterocycles. The van der Waals surface area contributed by atoms with Crippen LogP contribution in [-0.4, -0.2) is 30.8 Å². The Bertz CT molecular complexity index is 321. The van der Waals surface area contributed by atoms with Gasteiger partial charge in [-0.15, -0.1) is 0 Å². The molecule has 1 amide bonds. The lowest BCUT2D eigenvalue weighted by Crippen LogP contribution is -2.41. The fraction of sp³-hybridized carbons (Fsp3) is 0.812. The van der Waals surface area contributed by atoms with Gasteiger partial charge >= 0.3 is 6.09 Å². The van der Waals surface area contributed by atoms with Gasteiger partial charge in [0.1, 0.15) is 5.60 Å². The van der Waals surface area contributed by atoms with Crippen molar-refractivity contribution in [2.45, 2.75) is 65.0 Å². The van der Waals surface area contributed by atoms with Gasteiger partial charge in [0.25, 0.3) is 0 Å². The molecule has 116 valence electrons. The molecule has 0 saturated heterocycles. The van der Waals surface area contributed by atoms with E-state index in [-0.39, 0.29) is 6.09 Å². The Balaban J connectivity index is 2.26. The van der Waals surface area contributed by atoms with Gasteiger partial charge in [-0.05, 0) is 59.4 Å². The number of carbonyl (C=O) groups is 1. The van der Waals surface area contributed by atoms with Crippen molar-refractivity contribution in [2.24, 2.45) is 5.92 Å². The summed E-state index contributed by atoms with van der Waals surface area (Å²) in [6.07, 6.45) is 8.64. The molecule has 0 spiro atoms. The number of ether oxygens (including phenoxy) is 1. The van der Waals surface area contributed by atoms with Crippen LogP contribution in [0.4, 0.5) is 4.79 Å². The van der Waals surface area contributed by atoms with E-state index in [1.165, 1.54) is 19.3 Å². The summed E-state index contributed by atoms with van der Waals surface area (Å²) in [7, 11) is 0. The maximum absolute atomic E-state index is 11.7. The number of rotatable bonds is 6. The molecular formula is C16H30N2O2. The second-order valence-electron chi connectivity index (χ2n) is 6.49. The Morgan fingerprint density at radius 1 is 1.35 bits per heavy atom. The van der Waals surface area contributed by atoms with Crippen LogP contribution in [0.1, 0.15) is 53.4 Å². The molecule has 2 N–H and O–H groups in total. The fourth-order valence-corrected chi connectivity index (χ4v) is 2.60. The van der Waals surface area contributed by atoms with Crippen LogP contribution < -0.4 is 10.6 Å². The van der Waals surface area contributed by atoms with Gasteiger partial charge in [-0.2, -0.15) is 0 Å². The summed E-state index contributed by atoms with van der Waals surface area (Å²) >= 11 is 0. The Hall–Kier alpha value is -1.03. The predicted molar refractivity (Wildman–Crippen MR) is 82.8 cm³/mol. The summed E-state index contributed by atoms with van der Waals surface area (Å²) in [5.74, 6) is 0.521. The van der Waals surface area contributed by atoms with E-state index in [1.54, 1.807) is 0 Å². The van der Waals surface area contributed by atoms with Gasteiger partial charge in [0.15, 0.2) is 0 Å². The lowest BCUT2D eigenvalue weighted by molar-refractivity contribution is 0.0517. The average Bonchev–Trinajstić information content (AvgIpc) is 2.77. The Morgan fingerprint density at radius 2 is 2.10 bits per heavy atom. The molecule has 1 aliphatic carbocycles. The third-order valence-electron chi connectivity index (χ3n) is 3.52. The van der Waals surface area contributed by atoms with E-state index in [1.807, 2.05) is 27.7 Å². The maximum Gasteiger partial charge on any atom is 0.407 e. The van der Waals surface area contributed by atoms with Crippen molar-refractivity contribution >= 4 is 6.09 Å². The molecule has 2 atom stereocenters. The van der Waals surface area contributed by atoms with Crippen LogP contribution in [0, 0.1) is 5.92 Å². The van der Waals surface area contributed by atoms with Crippen LogP contribution in [0.3, 0.4) is 0 Å². The number of carbonyl (C=O) groups excluding carboxylic acids is 1. The number of alkyl carbamates (subject to hydrolysis) is 1. The van der Waals surface area contributed by atoms with Crippen LogP contribution in [0.15, 0.2) is 12.2 Å². The molecule has 1 saturated carbocycles. The first-order chi connectivity index (χ1) is 9.42. The molecule has 0 radical (unpaired) electrons. The molecule has 0 aromatic heterocycles. The average molecular weight is 282 g/mol. The summed E-state index contributed by atoms with van der Waals surface area (Å²) in [6.45, 7) is 9.41. The lowest BCUT2D eigenvalue weighted by Gasteiger charge is -2.23. The van der Waals surface area contributed by atoms with E-state index in [0.29, 0.717) is 18.5 Å². The van der Waals surface area contributed by atoms with Gasteiger partial charge in [-0.1, -0.05) is 18.6 Å². The second-order valence-corrected chi connectivity index (χ2v) is 6.49. The number of allylic oxidation sites excluding steroid dienone is 1. The Labute approximate surface area is 123 Å². The summed E-state index contributed by atoms with van der Waals surface area (Å²) in [4.78, 5) is 11.7. The zero-order valence-corrected chi connectivity index (χ0v) is 13.4. The number of hydrogen-bond acceptors (Lipinski definition) is 3. The molecule has 0 aromatic rings. The SMILES string of the molecule is C/C=C/CCNC1CCCC1CNC(=O)OC(C)(C)C. The summed E-state index contributed by atoms with van der Waals surface area (Å²) in [5, 5.41) is 6.49. The summed E-state index contributed by atoms with van der Waals surface area (Å²) < 4.78 is 5.27. The van der Waals surface area contributed by atoms with Crippen molar-refractivity contribution in [3.63, 3.8) is 0 Å². The van der Waals surface area contributed by atoms with Gasteiger partial charge in [-0.3, -0.25) is 0 Å². The first kappa shape index (κ1) is 17.0. The molecule has 4 nitrogen and oxygen atoms in total. The second kappa shape index (κ2) is 8.30. The molecular weight excluding hydrogens is 252 g/mol. The van der Waals surface area contributed by atoms with Gasteiger partial charge in [0, 0.05) is 12.6 Å². The highest BCUT2D eigenvalue weighted by atomic mass is 16.6. The third kappa shape index (κ3) is 6.94. The highest BCUT2D eigenvalue weighted by molar-refractivity contribution is 5.67. The monoisotopic (exact) mass is 282 g/mol. The standard InChI is InChI=1S/C16H30N2O2/c1-5-6-7-11-17-14-10-8-9-13(14)12-18-15(19)20-16(2,3)4/h5-6,13-14,17H,7-12H2,1-4H3,(H,18,19)/b6-5+. The van der Waals surface area contributed by atoms with Crippen LogP contribution >= 0.6 is 0 Å². The topological polar surface area (TPSA) is 50.4 Å².